The molecule has 1 aliphatic rings. The van der Waals surface area contributed by atoms with Crippen molar-refractivity contribution < 1.29 is 0 Å². The molecule has 0 bridgehead atoms. The monoisotopic (exact) mass is 498 g/mol. The normalized spacial score (nSPS) is 16.6. The Morgan fingerprint density at radius 2 is 1.62 bits per heavy atom. The SMILES string of the molecule is C=C(CCC/C=C\C/C=C\C/C=C\C/C=C\CCCC)N1CCCC1Cc1c[nH]c2ccc(CC)cc12. The van der Waals surface area contributed by atoms with Crippen LogP contribution in [0.5, 0.6) is 0 Å². The second-order valence-electron chi connectivity index (χ2n) is 10.4. The fourth-order valence-electron chi connectivity index (χ4n) is 5.27. The molecule has 1 unspecified atom stereocenters. The van der Waals surface area contributed by atoms with Gasteiger partial charge in [0.1, 0.15) is 0 Å². The quantitative estimate of drug-likeness (QED) is 0.170. The number of aryl methyl sites for hydroxylation is 1. The summed E-state index contributed by atoms with van der Waals surface area (Å²) in [5.41, 5.74) is 5.47. The van der Waals surface area contributed by atoms with E-state index in [1.165, 1.54) is 66.3 Å². The van der Waals surface area contributed by atoms with Crippen LogP contribution in [0.3, 0.4) is 0 Å². The fourth-order valence-corrected chi connectivity index (χ4v) is 5.27. The molecule has 0 radical (unpaired) electrons. The van der Waals surface area contributed by atoms with Crippen molar-refractivity contribution in [1.82, 2.24) is 9.88 Å². The summed E-state index contributed by atoms with van der Waals surface area (Å²) < 4.78 is 0. The van der Waals surface area contributed by atoms with E-state index in [1.807, 2.05) is 0 Å². The number of aromatic nitrogens is 1. The van der Waals surface area contributed by atoms with Gasteiger partial charge in [0, 0.05) is 35.4 Å². The van der Waals surface area contributed by atoms with Crippen molar-refractivity contribution in [3.05, 3.63) is 96.4 Å². The minimum atomic E-state index is 0.587. The summed E-state index contributed by atoms with van der Waals surface area (Å²) in [5.74, 6) is 0. The Bertz CT molecular complexity index is 1050. The zero-order valence-electron chi connectivity index (χ0n) is 23.6. The lowest BCUT2D eigenvalue weighted by Gasteiger charge is -2.28. The lowest BCUT2D eigenvalue weighted by atomic mass is 10.0. The molecule has 1 aliphatic heterocycles. The Balaban J connectivity index is 1.31. The number of H-pyrrole nitrogens is 1. The molecule has 2 heterocycles. The highest BCUT2D eigenvalue weighted by atomic mass is 15.2. The summed E-state index contributed by atoms with van der Waals surface area (Å²) in [7, 11) is 0. The second-order valence-corrected chi connectivity index (χ2v) is 10.4. The molecule has 2 nitrogen and oxygen atoms in total. The molecule has 0 spiro atoms. The fraction of sp³-hybridized carbons (Fsp3) is 0.486. The van der Waals surface area contributed by atoms with Gasteiger partial charge in [-0.3, -0.25) is 0 Å². The third kappa shape index (κ3) is 9.91. The van der Waals surface area contributed by atoms with Gasteiger partial charge in [-0.25, -0.2) is 0 Å². The van der Waals surface area contributed by atoms with E-state index < -0.39 is 0 Å². The molecule has 37 heavy (non-hydrogen) atoms. The number of hydrogen-bond acceptors (Lipinski definition) is 1. The first-order valence-electron chi connectivity index (χ1n) is 14.9. The summed E-state index contributed by atoms with van der Waals surface area (Å²) >= 11 is 0. The van der Waals surface area contributed by atoms with Gasteiger partial charge in [-0.15, -0.1) is 0 Å². The van der Waals surface area contributed by atoms with E-state index in [2.05, 4.69) is 103 Å². The molecule has 2 heteroatoms. The first kappa shape index (κ1) is 28.8. The largest absolute Gasteiger partial charge is 0.372 e. The molecule has 1 saturated heterocycles. The van der Waals surface area contributed by atoms with Gasteiger partial charge in [0.2, 0.25) is 0 Å². The van der Waals surface area contributed by atoms with Gasteiger partial charge in [-0.2, -0.15) is 0 Å². The number of benzene rings is 1. The number of fused-ring (bicyclic) bond motifs is 1. The van der Waals surface area contributed by atoms with Crippen LogP contribution >= 0.6 is 0 Å². The highest BCUT2D eigenvalue weighted by molar-refractivity contribution is 5.84. The first-order valence-corrected chi connectivity index (χ1v) is 14.9. The molecular formula is C35H50N2. The molecule has 0 amide bonds. The summed E-state index contributed by atoms with van der Waals surface area (Å²) in [6.45, 7) is 10.1. The van der Waals surface area contributed by atoms with Gasteiger partial charge in [0.25, 0.3) is 0 Å². The smallest absolute Gasteiger partial charge is 0.0457 e. The first-order chi connectivity index (χ1) is 18.2. The number of nitrogens with one attached hydrogen (secondary N) is 1. The number of likely N-dealkylation sites (tertiary alicyclic amines) is 1. The predicted molar refractivity (Wildman–Crippen MR) is 164 cm³/mol. The maximum absolute atomic E-state index is 4.49. The van der Waals surface area contributed by atoms with Gasteiger partial charge >= 0.3 is 0 Å². The van der Waals surface area contributed by atoms with Crippen LogP contribution in [0.15, 0.2) is 85.3 Å². The molecule has 0 saturated carbocycles. The molecule has 2 aromatic rings. The van der Waals surface area contributed by atoms with Crippen molar-refractivity contribution in [2.24, 2.45) is 0 Å². The van der Waals surface area contributed by atoms with E-state index in [4.69, 9.17) is 0 Å². The van der Waals surface area contributed by atoms with Crippen LogP contribution in [0.25, 0.3) is 10.9 Å². The van der Waals surface area contributed by atoms with E-state index in [-0.39, 0.29) is 0 Å². The topological polar surface area (TPSA) is 19.0 Å². The lowest BCUT2D eigenvalue weighted by molar-refractivity contribution is 0.308. The van der Waals surface area contributed by atoms with Crippen molar-refractivity contribution in [3.63, 3.8) is 0 Å². The number of allylic oxidation sites excluding steroid dienone is 9. The maximum atomic E-state index is 4.49. The predicted octanol–water partition coefficient (Wildman–Crippen LogP) is 10.0. The summed E-state index contributed by atoms with van der Waals surface area (Å²) in [6, 6.07) is 7.44. The van der Waals surface area contributed by atoms with Crippen molar-refractivity contribution in [3.8, 4) is 0 Å². The van der Waals surface area contributed by atoms with Gasteiger partial charge in [-0.05, 0) is 93.9 Å². The Morgan fingerprint density at radius 3 is 2.30 bits per heavy atom. The van der Waals surface area contributed by atoms with E-state index >= 15 is 0 Å². The number of aromatic amines is 1. The van der Waals surface area contributed by atoms with Crippen LogP contribution in [-0.4, -0.2) is 22.5 Å². The van der Waals surface area contributed by atoms with Crippen LogP contribution < -0.4 is 0 Å². The van der Waals surface area contributed by atoms with E-state index in [0.29, 0.717) is 6.04 Å². The van der Waals surface area contributed by atoms with E-state index in [0.717, 1.165) is 51.5 Å². The molecule has 1 N–H and O–H groups in total. The minimum Gasteiger partial charge on any atom is -0.372 e. The van der Waals surface area contributed by atoms with Crippen LogP contribution in [-0.2, 0) is 12.8 Å². The van der Waals surface area contributed by atoms with Crippen molar-refractivity contribution in [2.75, 3.05) is 6.54 Å². The summed E-state index contributed by atoms with van der Waals surface area (Å²) in [6.07, 6.45) is 35.6. The third-order valence-corrected chi connectivity index (χ3v) is 7.52. The Labute approximate surface area is 226 Å². The van der Waals surface area contributed by atoms with Gasteiger partial charge in [0.05, 0.1) is 0 Å². The molecule has 200 valence electrons. The van der Waals surface area contributed by atoms with Crippen LogP contribution in [0.4, 0.5) is 0 Å². The van der Waals surface area contributed by atoms with Gasteiger partial charge < -0.3 is 9.88 Å². The second kappa shape index (κ2) is 16.9. The molecule has 1 aromatic carbocycles. The van der Waals surface area contributed by atoms with Crippen LogP contribution in [0.1, 0.15) is 95.6 Å². The zero-order valence-corrected chi connectivity index (χ0v) is 23.6. The minimum absolute atomic E-state index is 0.587. The van der Waals surface area contributed by atoms with E-state index in [9.17, 15) is 0 Å². The molecule has 1 aromatic heterocycles. The van der Waals surface area contributed by atoms with Crippen LogP contribution in [0, 0.1) is 0 Å². The summed E-state index contributed by atoms with van der Waals surface area (Å²) in [4.78, 5) is 6.08. The Kier molecular flexibility index (Phi) is 13.2. The average molecular weight is 499 g/mol. The van der Waals surface area contributed by atoms with Crippen molar-refractivity contribution in [1.29, 1.82) is 0 Å². The molecule has 0 aliphatic carbocycles. The zero-order chi connectivity index (χ0) is 26.1. The lowest BCUT2D eigenvalue weighted by Crippen LogP contribution is -2.30. The van der Waals surface area contributed by atoms with E-state index in [1.54, 1.807) is 0 Å². The number of unbranched alkanes of at least 4 members (excludes halogenated alkanes) is 3. The maximum Gasteiger partial charge on any atom is 0.0457 e. The third-order valence-electron chi connectivity index (χ3n) is 7.52. The van der Waals surface area contributed by atoms with Gasteiger partial charge in [-0.1, -0.05) is 87.9 Å². The van der Waals surface area contributed by atoms with Crippen molar-refractivity contribution >= 4 is 10.9 Å². The standard InChI is InChI=1S/C35H50N2/c1-4-6-7-8-9-10-11-12-13-14-15-16-17-18-19-20-22-30(3)37-26-21-23-33(37)28-32-29-36-35-25-24-31(5-2)27-34(32)35/h8-9,11-12,14-15,17-18,24-25,27,29,33,36H,3-7,10,13,16,19-23,26,28H2,1-2H3/b9-8-,12-11-,15-14-,18-17-. The molecular weight excluding hydrogens is 448 g/mol. The average Bonchev–Trinajstić information content (AvgIpc) is 3.55. The van der Waals surface area contributed by atoms with Crippen LogP contribution in [0.2, 0.25) is 0 Å². The van der Waals surface area contributed by atoms with Gasteiger partial charge in [0.15, 0.2) is 0 Å². The Morgan fingerprint density at radius 1 is 0.946 bits per heavy atom. The Hall–Kier alpha value is -2.74. The molecule has 1 fully saturated rings. The number of hydrogen-bond donors (Lipinski definition) is 1. The molecule has 1 atom stereocenters. The number of rotatable bonds is 17. The molecule has 3 rings (SSSR count). The number of nitrogens with zero attached hydrogens (tertiary/aromatic N) is 1. The van der Waals surface area contributed by atoms with Crippen molar-refractivity contribution in [2.45, 2.75) is 103 Å². The highest BCUT2D eigenvalue weighted by Gasteiger charge is 2.26. The highest BCUT2D eigenvalue weighted by Crippen LogP contribution is 2.29. The summed E-state index contributed by atoms with van der Waals surface area (Å²) in [5, 5.41) is 1.40.